The second-order valence-corrected chi connectivity index (χ2v) is 8.70. The van der Waals surface area contributed by atoms with Crippen molar-refractivity contribution in [3.8, 4) is 11.5 Å². The molecule has 2 aliphatic rings. The van der Waals surface area contributed by atoms with Crippen LogP contribution in [0.3, 0.4) is 0 Å². The van der Waals surface area contributed by atoms with Crippen molar-refractivity contribution < 1.29 is 9.47 Å². The van der Waals surface area contributed by atoms with Gasteiger partial charge in [0, 0.05) is 11.5 Å². The van der Waals surface area contributed by atoms with Crippen molar-refractivity contribution in [1.82, 2.24) is 0 Å². The maximum atomic E-state index is 6.55. The van der Waals surface area contributed by atoms with E-state index in [0.29, 0.717) is 32.5 Å². The maximum absolute atomic E-state index is 6.55. The van der Waals surface area contributed by atoms with Gasteiger partial charge in [0.1, 0.15) is 0 Å². The fourth-order valence-corrected chi connectivity index (χ4v) is 5.54. The number of rotatable bonds is 3. The average molecular weight is 490 g/mol. The number of ether oxygens (including phenoxy) is 2. The Balaban J connectivity index is 1.85. The second kappa shape index (κ2) is 7.40. The van der Waals surface area contributed by atoms with Gasteiger partial charge in [-0.05, 0) is 52.0 Å². The first-order valence-corrected chi connectivity index (χ1v) is 10.4. The van der Waals surface area contributed by atoms with Crippen LogP contribution < -0.4 is 14.8 Å². The summed E-state index contributed by atoms with van der Waals surface area (Å²) in [5, 5.41) is 5.22. The highest BCUT2D eigenvalue weighted by Gasteiger charge is 2.41. The highest BCUT2D eigenvalue weighted by Crippen LogP contribution is 2.55. The predicted octanol–water partition coefficient (Wildman–Crippen LogP) is 7.25. The van der Waals surface area contributed by atoms with Gasteiger partial charge in [-0.1, -0.05) is 47.0 Å². The Bertz CT molecular complexity index is 948. The van der Waals surface area contributed by atoms with E-state index in [1.807, 2.05) is 6.07 Å². The third-order valence-electron chi connectivity index (χ3n) is 5.30. The lowest BCUT2D eigenvalue weighted by Gasteiger charge is -2.38. The number of anilines is 1. The number of hydrogen-bond donors (Lipinski definition) is 1. The first kappa shape index (κ1) is 19.3. The van der Waals surface area contributed by atoms with E-state index < -0.39 is 0 Å². The van der Waals surface area contributed by atoms with Gasteiger partial charge in [-0.2, -0.15) is 0 Å². The van der Waals surface area contributed by atoms with Crippen molar-refractivity contribution in [2.75, 3.05) is 19.5 Å². The van der Waals surface area contributed by atoms with Crippen LogP contribution in [0.25, 0.3) is 0 Å². The SMILES string of the molecule is COc1cc(C2Nc3c(Cl)cc(Cl)c(Cl)c3C3C=CCC32)cc(Br)c1OC. The van der Waals surface area contributed by atoms with Gasteiger partial charge in [0.2, 0.25) is 0 Å². The Hall–Kier alpha value is -1.07. The maximum Gasteiger partial charge on any atom is 0.174 e. The molecule has 0 spiro atoms. The van der Waals surface area contributed by atoms with Crippen molar-refractivity contribution in [3.63, 3.8) is 0 Å². The summed E-state index contributed by atoms with van der Waals surface area (Å²) < 4.78 is 11.8. The van der Waals surface area contributed by atoms with E-state index in [0.717, 1.165) is 27.7 Å². The normalized spacial score (nSPS) is 22.8. The minimum atomic E-state index is 0.0448. The lowest BCUT2D eigenvalue weighted by Crippen LogP contribution is -2.29. The predicted molar refractivity (Wildman–Crippen MR) is 115 cm³/mol. The summed E-state index contributed by atoms with van der Waals surface area (Å²) in [6.07, 6.45) is 5.33. The molecular weight excluding hydrogens is 472 g/mol. The molecule has 1 N–H and O–H groups in total. The number of benzene rings is 2. The zero-order valence-corrected chi connectivity index (χ0v) is 18.5. The van der Waals surface area contributed by atoms with Gasteiger partial charge in [0.05, 0.1) is 45.5 Å². The fraction of sp³-hybridized carbons (Fsp3) is 0.300. The smallest absolute Gasteiger partial charge is 0.174 e. The zero-order valence-electron chi connectivity index (χ0n) is 14.7. The van der Waals surface area contributed by atoms with Crippen LogP contribution in [0.5, 0.6) is 11.5 Å². The largest absolute Gasteiger partial charge is 0.493 e. The van der Waals surface area contributed by atoms with Crippen LogP contribution in [0, 0.1) is 5.92 Å². The highest BCUT2D eigenvalue weighted by atomic mass is 79.9. The molecule has 3 nitrogen and oxygen atoms in total. The monoisotopic (exact) mass is 487 g/mol. The topological polar surface area (TPSA) is 30.5 Å². The van der Waals surface area contributed by atoms with Crippen molar-refractivity contribution in [3.05, 3.63) is 61.0 Å². The summed E-state index contributed by atoms with van der Waals surface area (Å²) in [5.41, 5.74) is 2.91. The van der Waals surface area contributed by atoms with Crippen molar-refractivity contribution in [2.45, 2.75) is 18.4 Å². The molecule has 0 saturated carbocycles. The molecule has 3 unspecified atom stereocenters. The molecule has 142 valence electrons. The van der Waals surface area contributed by atoms with Crippen molar-refractivity contribution >= 4 is 56.4 Å². The Kier molecular flexibility index (Phi) is 5.28. The lowest BCUT2D eigenvalue weighted by molar-refractivity contribution is 0.351. The van der Waals surface area contributed by atoms with Gasteiger partial charge in [-0.3, -0.25) is 0 Å². The third kappa shape index (κ3) is 3.11. The van der Waals surface area contributed by atoms with Crippen LogP contribution in [0.2, 0.25) is 15.1 Å². The number of halogens is 4. The van der Waals surface area contributed by atoms with E-state index in [1.165, 1.54) is 0 Å². The Morgan fingerprint density at radius 1 is 1.07 bits per heavy atom. The molecule has 27 heavy (non-hydrogen) atoms. The minimum Gasteiger partial charge on any atom is -0.493 e. The summed E-state index contributed by atoms with van der Waals surface area (Å²) in [5.74, 6) is 1.81. The number of allylic oxidation sites excluding steroid dienone is 2. The standard InChI is InChI=1S/C20H17BrCl3NO2/c1-26-15-7-9(6-12(21)20(15)27-2)18-11-5-3-4-10(11)16-17(24)13(22)8-14(23)19(16)25-18/h3-4,6-8,10-11,18,25H,5H2,1-2H3. The summed E-state index contributed by atoms with van der Waals surface area (Å²) in [7, 11) is 3.26. The molecule has 0 aromatic heterocycles. The Labute approximate surface area is 181 Å². The van der Waals surface area contributed by atoms with Crippen LogP contribution in [0.4, 0.5) is 5.69 Å². The minimum absolute atomic E-state index is 0.0448. The fourth-order valence-electron chi connectivity index (χ4n) is 4.11. The first-order valence-electron chi connectivity index (χ1n) is 8.48. The van der Waals surface area contributed by atoms with Crippen LogP contribution in [-0.4, -0.2) is 14.2 Å². The van der Waals surface area contributed by atoms with Gasteiger partial charge >= 0.3 is 0 Å². The molecule has 3 atom stereocenters. The molecule has 0 fully saturated rings. The van der Waals surface area contributed by atoms with E-state index >= 15 is 0 Å². The molecule has 0 radical (unpaired) electrons. The summed E-state index contributed by atoms with van der Waals surface area (Å²) in [4.78, 5) is 0. The zero-order chi connectivity index (χ0) is 19.3. The second-order valence-electron chi connectivity index (χ2n) is 6.66. The van der Waals surface area contributed by atoms with Gasteiger partial charge in [0.15, 0.2) is 11.5 Å². The average Bonchev–Trinajstić information content (AvgIpc) is 3.14. The highest BCUT2D eigenvalue weighted by molar-refractivity contribution is 9.10. The van der Waals surface area contributed by atoms with Gasteiger partial charge < -0.3 is 14.8 Å². The molecule has 7 heteroatoms. The molecule has 0 amide bonds. The lowest BCUT2D eigenvalue weighted by atomic mass is 9.77. The van der Waals surface area contributed by atoms with Crippen molar-refractivity contribution in [2.24, 2.45) is 5.92 Å². The molecule has 2 aromatic rings. The van der Waals surface area contributed by atoms with Crippen LogP contribution >= 0.6 is 50.7 Å². The summed E-state index contributed by atoms with van der Waals surface area (Å²) >= 11 is 22.9. The van der Waals surface area contributed by atoms with E-state index in [2.05, 4.69) is 39.5 Å². The number of nitrogens with one attached hydrogen (secondary N) is 1. The van der Waals surface area contributed by atoms with E-state index in [9.17, 15) is 0 Å². The molecule has 1 heterocycles. The van der Waals surface area contributed by atoms with Crippen LogP contribution in [-0.2, 0) is 0 Å². The summed E-state index contributed by atoms with van der Waals surface area (Å²) in [6.45, 7) is 0. The Morgan fingerprint density at radius 3 is 2.56 bits per heavy atom. The molecule has 0 bridgehead atoms. The Morgan fingerprint density at radius 2 is 1.85 bits per heavy atom. The first-order chi connectivity index (χ1) is 13.0. The van der Waals surface area contributed by atoms with Gasteiger partial charge in [-0.15, -0.1) is 0 Å². The van der Waals surface area contributed by atoms with Crippen LogP contribution in [0.15, 0.2) is 34.8 Å². The van der Waals surface area contributed by atoms with E-state index in [1.54, 1.807) is 20.3 Å². The quantitative estimate of drug-likeness (QED) is 0.364. The third-order valence-corrected chi connectivity index (χ3v) is 6.99. The summed E-state index contributed by atoms with van der Waals surface area (Å²) in [6, 6.07) is 5.80. The van der Waals surface area contributed by atoms with Gasteiger partial charge in [0.25, 0.3) is 0 Å². The van der Waals surface area contributed by atoms with E-state index in [4.69, 9.17) is 44.3 Å². The van der Waals surface area contributed by atoms with Crippen molar-refractivity contribution in [1.29, 1.82) is 0 Å². The molecule has 1 aliphatic heterocycles. The number of fused-ring (bicyclic) bond motifs is 3. The molecule has 1 aliphatic carbocycles. The number of methoxy groups -OCH3 is 2. The van der Waals surface area contributed by atoms with Crippen LogP contribution in [0.1, 0.15) is 29.5 Å². The van der Waals surface area contributed by atoms with Gasteiger partial charge in [-0.25, -0.2) is 0 Å². The molecule has 4 rings (SSSR count). The number of hydrogen-bond acceptors (Lipinski definition) is 3. The molecular formula is C20H17BrCl3NO2. The molecule has 2 aromatic carbocycles. The van der Waals surface area contributed by atoms with E-state index in [-0.39, 0.29) is 12.0 Å². The molecule has 0 saturated heterocycles.